The lowest BCUT2D eigenvalue weighted by atomic mass is 10.1. The van der Waals surface area contributed by atoms with Gasteiger partial charge in [-0.25, -0.2) is 4.98 Å². The second-order valence-corrected chi connectivity index (χ2v) is 8.03. The van der Waals surface area contributed by atoms with Gasteiger partial charge >= 0.3 is 0 Å². The van der Waals surface area contributed by atoms with Crippen LogP contribution in [0.15, 0.2) is 42.5 Å². The van der Waals surface area contributed by atoms with Gasteiger partial charge in [0.1, 0.15) is 5.75 Å². The van der Waals surface area contributed by atoms with E-state index in [0.29, 0.717) is 18.5 Å². The minimum Gasteiger partial charge on any atom is -0.508 e. The summed E-state index contributed by atoms with van der Waals surface area (Å²) in [5, 5.41) is 22.7. The van der Waals surface area contributed by atoms with Crippen LogP contribution in [0.4, 0.5) is 5.13 Å². The zero-order valence-corrected chi connectivity index (χ0v) is 16.3. The third-order valence-corrected chi connectivity index (χ3v) is 6.16. The van der Waals surface area contributed by atoms with E-state index in [9.17, 15) is 15.0 Å². The standard InChI is InChI=1S/C21H23N3O3S/c25-13-16-2-1-11-24(16)21-23-18-8-5-15(12-19(18)28-21)20(27)22-10-9-14-3-6-17(26)7-4-14/h3-8,12,16,25-26H,1-2,9-11,13H2,(H,22,27). The van der Waals surface area contributed by atoms with Crippen molar-refractivity contribution in [2.24, 2.45) is 0 Å². The molecule has 1 aliphatic rings. The number of aliphatic hydroxyl groups excluding tert-OH is 1. The van der Waals surface area contributed by atoms with Gasteiger partial charge in [0.25, 0.3) is 5.91 Å². The molecular weight excluding hydrogens is 374 g/mol. The summed E-state index contributed by atoms with van der Waals surface area (Å²) < 4.78 is 0.977. The Morgan fingerprint density at radius 1 is 1.25 bits per heavy atom. The van der Waals surface area contributed by atoms with E-state index in [-0.39, 0.29) is 24.3 Å². The van der Waals surface area contributed by atoms with E-state index in [4.69, 9.17) is 0 Å². The van der Waals surface area contributed by atoms with Crippen molar-refractivity contribution in [3.63, 3.8) is 0 Å². The number of carbonyl (C=O) groups excluding carboxylic acids is 1. The van der Waals surface area contributed by atoms with Gasteiger partial charge in [0, 0.05) is 18.7 Å². The van der Waals surface area contributed by atoms with Crippen molar-refractivity contribution in [2.45, 2.75) is 25.3 Å². The lowest BCUT2D eigenvalue weighted by Crippen LogP contribution is -2.31. The molecule has 1 fully saturated rings. The van der Waals surface area contributed by atoms with Crippen LogP contribution < -0.4 is 10.2 Å². The second kappa shape index (κ2) is 8.16. The Hall–Kier alpha value is -2.64. The molecule has 1 atom stereocenters. The molecule has 146 valence electrons. The Balaban J connectivity index is 1.42. The Labute approximate surface area is 167 Å². The number of rotatable bonds is 6. The summed E-state index contributed by atoms with van der Waals surface area (Å²) in [5.41, 5.74) is 2.56. The van der Waals surface area contributed by atoms with Gasteiger partial charge in [0.15, 0.2) is 5.13 Å². The molecule has 1 saturated heterocycles. The van der Waals surface area contributed by atoms with E-state index in [1.165, 1.54) is 0 Å². The number of nitrogens with zero attached hydrogens (tertiary/aromatic N) is 2. The summed E-state index contributed by atoms with van der Waals surface area (Å²) in [6.07, 6.45) is 2.76. The van der Waals surface area contributed by atoms with Gasteiger partial charge in [-0.05, 0) is 55.2 Å². The van der Waals surface area contributed by atoms with Crippen molar-refractivity contribution in [3.05, 3.63) is 53.6 Å². The number of thiazole rings is 1. The van der Waals surface area contributed by atoms with Gasteiger partial charge in [-0.3, -0.25) is 4.79 Å². The maximum atomic E-state index is 12.5. The molecule has 0 saturated carbocycles. The smallest absolute Gasteiger partial charge is 0.251 e. The number of aliphatic hydroxyl groups is 1. The maximum absolute atomic E-state index is 12.5. The molecule has 0 radical (unpaired) electrons. The number of benzene rings is 2. The first-order valence-electron chi connectivity index (χ1n) is 9.48. The summed E-state index contributed by atoms with van der Waals surface area (Å²) in [4.78, 5) is 19.3. The molecule has 7 heteroatoms. The first kappa shape index (κ1) is 18.7. The molecule has 1 unspecified atom stereocenters. The number of hydrogen-bond acceptors (Lipinski definition) is 6. The van der Waals surface area contributed by atoms with Crippen LogP contribution in [-0.2, 0) is 6.42 Å². The number of hydrogen-bond donors (Lipinski definition) is 3. The quantitative estimate of drug-likeness (QED) is 0.595. The third kappa shape index (κ3) is 3.95. The summed E-state index contributed by atoms with van der Waals surface area (Å²) in [7, 11) is 0. The van der Waals surface area contributed by atoms with Gasteiger partial charge in [-0.2, -0.15) is 0 Å². The van der Waals surface area contributed by atoms with E-state index in [0.717, 1.165) is 40.3 Å². The highest BCUT2D eigenvalue weighted by Gasteiger charge is 2.26. The zero-order valence-electron chi connectivity index (χ0n) is 15.5. The fourth-order valence-electron chi connectivity index (χ4n) is 3.54. The van der Waals surface area contributed by atoms with Gasteiger partial charge < -0.3 is 20.4 Å². The molecule has 1 aromatic heterocycles. The molecule has 0 spiro atoms. The monoisotopic (exact) mass is 397 g/mol. The number of amides is 1. The minimum absolute atomic E-state index is 0.106. The van der Waals surface area contributed by atoms with Crippen LogP contribution >= 0.6 is 11.3 Å². The third-order valence-electron chi connectivity index (χ3n) is 5.11. The van der Waals surface area contributed by atoms with Crippen molar-refractivity contribution in [1.29, 1.82) is 0 Å². The maximum Gasteiger partial charge on any atom is 0.251 e. The summed E-state index contributed by atoms with van der Waals surface area (Å²) in [6.45, 7) is 1.59. The average molecular weight is 398 g/mol. The topological polar surface area (TPSA) is 85.7 Å². The lowest BCUT2D eigenvalue weighted by Gasteiger charge is -2.21. The number of anilines is 1. The second-order valence-electron chi connectivity index (χ2n) is 7.02. The van der Waals surface area contributed by atoms with Gasteiger partial charge in [0.2, 0.25) is 0 Å². The number of fused-ring (bicyclic) bond motifs is 1. The Morgan fingerprint density at radius 2 is 2.07 bits per heavy atom. The van der Waals surface area contributed by atoms with Crippen molar-refractivity contribution in [3.8, 4) is 5.75 Å². The molecule has 6 nitrogen and oxygen atoms in total. The van der Waals surface area contributed by atoms with Crippen molar-refractivity contribution >= 4 is 32.6 Å². The molecule has 0 aliphatic carbocycles. The highest BCUT2D eigenvalue weighted by atomic mass is 32.1. The fourth-order valence-corrected chi connectivity index (χ4v) is 4.64. The molecule has 3 N–H and O–H groups in total. The molecule has 4 rings (SSSR count). The zero-order chi connectivity index (χ0) is 19.5. The lowest BCUT2D eigenvalue weighted by molar-refractivity contribution is 0.0954. The number of aromatic hydroxyl groups is 1. The molecule has 2 heterocycles. The number of phenols is 1. The van der Waals surface area contributed by atoms with E-state index in [1.807, 2.05) is 24.3 Å². The Bertz CT molecular complexity index is 971. The molecule has 1 amide bonds. The van der Waals surface area contributed by atoms with E-state index in [1.54, 1.807) is 29.5 Å². The van der Waals surface area contributed by atoms with Crippen LogP contribution in [0.25, 0.3) is 10.2 Å². The van der Waals surface area contributed by atoms with E-state index in [2.05, 4.69) is 15.2 Å². The van der Waals surface area contributed by atoms with Gasteiger partial charge in [0.05, 0.1) is 22.9 Å². The molecule has 0 bridgehead atoms. The molecular formula is C21H23N3O3S. The van der Waals surface area contributed by atoms with Crippen LogP contribution in [0.5, 0.6) is 5.75 Å². The van der Waals surface area contributed by atoms with Crippen LogP contribution in [0, 0.1) is 0 Å². The molecule has 3 aromatic rings. The van der Waals surface area contributed by atoms with Crippen molar-refractivity contribution in [1.82, 2.24) is 10.3 Å². The number of nitrogens with one attached hydrogen (secondary N) is 1. The van der Waals surface area contributed by atoms with Crippen LogP contribution in [-0.4, -0.2) is 46.8 Å². The Morgan fingerprint density at radius 3 is 2.86 bits per heavy atom. The fraction of sp³-hybridized carbons (Fsp3) is 0.333. The van der Waals surface area contributed by atoms with Crippen LogP contribution in [0.2, 0.25) is 0 Å². The van der Waals surface area contributed by atoms with Crippen LogP contribution in [0.1, 0.15) is 28.8 Å². The number of phenolic OH excluding ortho intramolecular Hbond substituents is 1. The summed E-state index contributed by atoms with van der Waals surface area (Å²) in [6, 6.07) is 12.7. The van der Waals surface area contributed by atoms with Gasteiger partial charge in [-0.15, -0.1) is 0 Å². The van der Waals surface area contributed by atoms with E-state index < -0.39 is 0 Å². The first-order valence-corrected chi connectivity index (χ1v) is 10.3. The average Bonchev–Trinajstić information content (AvgIpc) is 3.34. The molecule has 28 heavy (non-hydrogen) atoms. The highest BCUT2D eigenvalue weighted by Crippen LogP contribution is 2.33. The first-order chi connectivity index (χ1) is 13.6. The summed E-state index contributed by atoms with van der Waals surface area (Å²) >= 11 is 1.57. The highest BCUT2D eigenvalue weighted by molar-refractivity contribution is 7.22. The molecule has 2 aromatic carbocycles. The minimum atomic E-state index is -0.106. The predicted octanol–water partition coefficient (Wildman–Crippen LogP) is 2.94. The van der Waals surface area contributed by atoms with Crippen molar-refractivity contribution in [2.75, 3.05) is 24.6 Å². The largest absolute Gasteiger partial charge is 0.508 e. The molecule has 1 aliphatic heterocycles. The predicted molar refractivity (Wildman–Crippen MR) is 111 cm³/mol. The summed E-state index contributed by atoms with van der Waals surface area (Å²) in [5.74, 6) is 0.134. The van der Waals surface area contributed by atoms with Crippen LogP contribution in [0.3, 0.4) is 0 Å². The van der Waals surface area contributed by atoms with E-state index >= 15 is 0 Å². The number of aromatic nitrogens is 1. The van der Waals surface area contributed by atoms with Crippen molar-refractivity contribution < 1.29 is 15.0 Å². The Kier molecular flexibility index (Phi) is 5.45. The number of carbonyl (C=O) groups is 1. The SMILES string of the molecule is O=C(NCCc1ccc(O)cc1)c1ccc2nc(N3CCCC3CO)sc2c1. The van der Waals surface area contributed by atoms with Gasteiger partial charge in [-0.1, -0.05) is 23.5 Å². The normalized spacial score (nSPS) is 16.6.